The van der Waals surface area contributed by atoms with E-state index in [0.717, 1.165) is 0 Å². The first kappa shape index (κ1) is 14.9. The molecule has 0 aliphatic carbocycles. The Kier molecular flexibility index (Phi) is 4.86. The molecule has 2 atom stereocenters. The van der Waals surface area contributed by atoms with E-state index in [1.54, 1.807) is 13.0 Å². The monoisotopic (exact) mass is 269 g/mol. The van der Waals surface area contributed by atoms with Gasteiger partial charge in [0.2, 0.25) is 6.29 Å². The number of hydrogen-bond acceptors (Lipinski definition) is 5. The van der Waals surface area contributed by atoms with Crippen molar-refractivity contribution < 1.29 is 23.5 Å². The summed E-state index contributed by atoms with van der Waals surface area (Å²) in [5.41, 5.74) is 5.80. The molecule has 104 valence electrons. The third-order valence-corrected chi connectivity index (χ3v) is 2.49. The van der Waals surface area contributed by atoms with Crippen molar-refractivity contribution in [2.75, 3.05) is 5.73 Å². The molecule has 19 heavy (non-hydrogen) atoms. The molecule has 0 fully saturated rings. The normalized spacial score (nSPS) is 13.5. The smallest absolute Gasteiger partial charge is 0.316 e. The van der Waals surface area contributed by atoms with Gasteiger partial charge in [-0.05, 0) is 24.6 Å². The highest BCUT2D eigenvalue weighted by molar-refractivity contribution is 5.78. The van der Waals surface area contributed by atoms with Crippen LogP contribution < -0.4 is 5.73 Å². The lowest BCUT2D eigenvalue weighted by Crippen LogP contribution is -2.23. The molecule has 0 saturated carbocycles. The van der Waals surface area contributed by atoms with Gasteiger partial charge in [0.15, 0.2) is 0 Å². The number of carbonyl (C=O) groups is 2. The second-order valence-electron chi connectivity index (χ2n) is 4.12. The fraction of sp³-hybridized carbons (Fsp3) is 0.385. The number of rotatable bonds is 4. The molecular formula is C13H16FNO4. The molecule has 1 aromatic carbocycles. The van der Waals surface area contributed by atoms with Crippen molar-refractivity contribution in [2.45, 2.75) is 33.0 Å². The Morgan fingerprint density at radius 3 is 2.42 bits per heavy atom. The first-order valence-electron chi connectivity index (χ1n) is 5.74. The fourth-order valence-electron chi connectivity index (χ4n) is 1.47. The van der Waals surface area contributed by atoms with Gasteiger partial charge in [0.25, 0.3) is 0 Å². The fourth-order valence-corrected chi connectivity index (χ4v) is 1.47. The van der Waals surface area contributed by atoms with E-state index < -0.39 is 30.0 Å². The molecule has 2 N–H and O–H groups in total. The average molecular weight is 269 g/mol. The van der Waals surface area contributed by atoms with Crippen molar-refractivity contribution >= 4 is 17.6 Å². The Morgan fingerprint density at radius 2 is 1.89 bits per heavy atom. The van der Waals surface area contributed by atoms with Crippen LogP contribution in [0, 0.1) is 5.82 Å². The first-order valence-corrected chi connectivity index (χ1v) is 5.74. The Bertz CT molecular complexity index is 490. The van der Waals surface area contributed by atoms with Crippen molar-refractivity contribution in [3.8, 4) is 0 Å². The summed E-state index contributed by atoms with van der Waals surface area (Å²) in [4.78, 5) is 22.4. The number of esters is 2. The summed E-state index contributed by atoms with van der Waals surface area (Å²) in [6, 6.07) is 4.10. The third kappa shape index (κ3) is 4.24. The van der Waals surface area contributed by atoms with Crippen LogP contribution in [0.2, 0.25) is 0 Å². The van der Waals surface area contributed by atoms with Crippen LogP contribution in [0.4, 0.5) is 10.1 Å². The molecule has 1 aromatic rings. The zero-order chi connectivity index (χ0) is 14.6. The number of nitrogen functional groups attached to an aromatic ring is 1. The van der Waals surface area contributed by atoms with Gasteiger partial charge >= 0.3 is 11.9 Å². The number of carbonyl (C=O) groups excluding carboxylic acids is 2. The predicted octanol–water partition coefficient (Wildman–Crippen LogP) is 1.96. The second-order valence-corrected chi connectivity index (χ2v) is 4.12. The molecule has 0 amide bonds. The summed E-state index contributed by atoms with van der Waals surface area (Å²) in [5.74, 6) is -2.44. The minimum Gasteiger partial charge on any atom is -0.426 e. The van der Waals surface area contributed by atoms with Crippen LogP contribution in [0.15, 0.2) is 18.2 Å². The van der Waals surface area contributed by atoms with E-state index in [-0.39, 0.29) is 5.69 Å². The predicted molar refractivity (Wildman–Crippen MR) is 66.5 cm³/mol. The molecule has 0 spiro atoms. The van der Waals surface area contributed by atoms with Gasteiger partial charge in [-0.2, -0.15) is 0 Å². The van der Waals surface area contributed by atoms with Gasteiger partial charge in [0.05, 0.1) is 11.6 Å². The van der Waals surface area contributed by atoms with Crippen molar-refractivity contribution in [1.82, 2.24) is 0 Å². The van der Waals surface area contributed by atoms with Gasteiger partial charge in [-0.3, -0.25) is 9.59 Å². The maximum atomic E-state index is 13.3. The number of ether oxygens (including phenoxy) is 2. The molecule has 0 radical (unpaired) electrons. The highest BCUT2D eigenvalue weighted by atomic mass is 19.1. The number of hydrogen-bond donors (Lipinski definition) is 1. The Labute approximate surface area is 110 Å². The molecule has 0 bridgehead atoms. The van der Waals surface area contributed by atoms with Crippen molar-refractivity contribution in [3.05, 3.63) is 29.6 Å². The molecule has 5 nitrogen and oxygen atoms in total. The Hall–Kier alpha value is -2.11. The van der Waals surface area contributed by atoms with Crippen LogP contribution in [-0.2, 0) is 19.1 Å². The largest absolute Gasteiger partial charge is 0.426 e. The lowest BCUT2D eigenvalue weighted by atomic mass is 10.0. The molecule has 2 unspecified atom stereocenters. The molecule has 1 rings (SSSR count). The van der Waals surface area contributed by atoms with Gasteiger partial charge in [0.1, 0.15) is 5.82 Å². The van der Waals surface area contributed by atoms with E-state index in [2.05, 4.69) is 4.74 Å². The Morgan fingerprint density at radius 1 is 1.26 bits per heavy atom. The van der Waals surface area contributed by atoms with Crippen molar-refractivity contribution in [3.63, 3.8) is 0 Å². The van der Waals surface area contributed by atoms with Crippen molar-refractivity contribution in [1.29, 1.82) is 0 Å². The van der Waals surface area contributed by atoms with Crippen LogP contribution in [0.3, 0.4) is 0 Å². The lowest BCUT2D eigenvalue weighted by Gasteiger charge is -2.16. The summed E-state index contributed by atoms with van der Waals surface area (Å²) >= 11 is 0. The van der Waals surface area contributed by atoms with Crippen molar-refractivity contribution in [2.24, 2.45) is 0 Å². The van der Waals surface area contributed by atoms with Gasteiger partial charge in [-0.15, -0.1) is 0 Å². The van der Waals surface area contributed by atoms with Gasteiger partial charge < -0.3 is 15.2 Å². The maximum Gasteiger partial charge on any atom is 0.316 e. The first-order chi connectivity index (χ1) is 8.81. The minimum atomic E-state index is -0.980. The highest BCUT2D eigenvalue weighted by Crippen LogP contribution is 2.21. The molecule has 0 aliphatic rings. The number of halogens is 1. The summed E-state index contributed by atoms with van der Waals surface area (Å²) in [7, 11) is 0. The number of nitrogens with two attached hydrogens (primary N) is 1. The van der Waals surface area contributed by atoms with E-state index in [0.29, 0.717) is 5.56 Å². The van der Waals surface area contributed by atoms with E-state index in [9.17, 15) is 14.0 Å². The summed E-state index contributed by atoms with van der Waals surface area (Å²) in [5, 5.41) is 0. The maximum absolute atomic E-state index is 13.3. The standard InChI is InChI=1S/C13H16FNO4/c1-7(10-4-5-12(15)11(14)6-10)13(17)19-9(3)18-8(2)16/h4-7,9H,15H2,1-3H3. The van der Waals surface area contributed by atoms with Gasteiger partial charge in [-0.1, -0.05) is 6.07 Å². The minimum absolute atomic E-state index is 0.0117. The van der Waals surface area contributed by atoms with Crippen LogP contribution in [0.25, 0.3) is 0 Å². The topological polar surface area (TPSA) is 78.6 Å². The lowest BCUT2D eigenvalue weighted by molar-refractivity contribution is -0.183. The highest BCUT2D eigenvalue weighted by Gasteiger charge is 2.21. The number of benzene rings is 1. The SMILES string of the molecule is CC(=O)OC(C)OC(=O)C(C)c1ccc(N)c(F)c1. The third-order valence-electron chi connectivity index (χ3n) is 2.49. The number of anilines is 1. The van der Waals surface area contributed by atoms with E-state index in [1.807, 2.05) is 0 Å². The van der Waals surface area contributed by atoms with Crippen LogP contribution in [0.5, 0.6) is 0 Å². The van der Waals surface area contributed by atoms with Crippen LogP contribution in [0.1, 0.15) is 32.3 Å². The quantitative estimate of drug-likeness (QED) is 0.513. The van der Waals surface area contributed by atoms with E-state index >= 15 is 0 Å². The Balaban J connectivity index is 2.71. The van der Waals surface area contributed by atoms with Crippen LogP contribution >= 0.6 is 0 Å². The summed E-state index contributed by atoms with van der Waals surface area (Å²) < 4.78 is 22.9. The summed E-state index contributed by atoms with van der Waals surface area (Å²) in [6.45, 7) is 4.20. The van der Waals surface area contributed by atoms with E-state index in [4.69, 9.17) is 10.5 Å². The zero-order valence-electron chi connectivity index (χ0n) is 11.0. The van der Waals surface area contributed by atoms with Crippen LogP contribution in [-0.4, -0.2) is 18.2 Å². The average Bonchev–Trinajstić information content (AvgIpc) is 2.30. The molecular weight excluding hydrogens is 253 g/mol. The summed E-state index contributed by atoms with van der Waals surface area (Å²) in [6.07, 6.45) is -0.980. The molecule has 6 heteroatoms. The second kappa shape index (κ2) is 6.17. The molecule has 0 aromatic heterocycles. The van der Waals surface area contributed by atoms with E-state index in [1.165, 1.54) is 26.0 Å². The van der Waals surface area contributed by atoms with Gasteiger partial charge in [0, 0.05) is 13.8 Å². The molecule has 0 aliphatic heterocycles. The molecule has 0 heterocycles. The zero-order valence-corrected chi connectivity index (χ0v) is 11.0. The molecule has 0 saturated heterocycles. The van der Waals surface area contributed by atoms with Gasteiger partial charge in [-0.25, -0.2) is 4.39 Å².